The van der Waals surface area contributed by atoms with Gasteiger partial charge < -0.3 is 19.9 Å². The Morgan fingerprint density at radius 1 is 1.32 bits per heavy atom. The van der Waals surface area contributed by atoms with Crippen LogP contribution in [0, 0.1) is 23.0 Å². The number of esters is 1. The van der Waals surface area contributed by atoms with E-state index in [2.05, 4.69) is 20.2 Å². The van der Waals surface area contributed by atoms with Crippen LogP contribution < -0.4 is 5.32 Å². The summed E-state index contributed by atoms with van der Waals surface area (Å²) < 4.78 is 38.9. The number of hydrogen-bond donors (Lipinski definition) is 2. The van der Waals surface area contributed by atoms with E-state index in [0.717, 1.165) is 12.1 Å². The largest absolute Gasteiger partial charge is 0.481 e. The summed E-state index contributed by atoms with van der Waals surface area (Å²) in [4.78, 5) is 36.1. The maximum atomic E-state index is 14.2. The lowest BCUT2D eigenvalue weighted by atomic mass is 9.68. The van der Waals surface area contributed by atoms with E-state index >= 15 is 0 Å². The molecular weight excluding hydrogens is 506 g/mol. The first-order chi connectivity index (χ1) is 17.8. The summed E-state index contributed by atoms with van der Waals surface area (Å²) in [5.74, 6) is -3.56. The normalized spacial score (nSPS) is 30.7. The van der Waals surface area contributed by atoms with Crippen LogP contribution in [0.3, 0.4) is 0 Å². The fourth-order valence-corrected chi connectivity index (χ4v) is 6.97. The van der Waals surface area contributed by atoms with Crippen LogP contribution in [0.5, 0.6) is 0 Å². The van der Waals surface area contributed by atoms with Gasteiger partial charge in [0, 0.05) is 41.3 Å². The topological polar surface area (TPSA) is 113 Å². The van der Waals surface area contributed by atoms with Crippen LogP contribution in [0.15, 0.2) is 46.0 Å². The van der Waals surface area contributed by atoms with Crippen molar-refractivity contribution >= 4 is 29.1 Å². The van der Waals surface area contributed by atoms with Gasteiger partial charge in [-0.2, -0.15) is 0 Å². The highest BCUT2D eigenvalue weighted by Crippen LogP contribution is 2.59. The molecule has 1 aromatic heterocycles. The smallest absolute Gasteiger partial charge is 0.338 e. The summed E-state index contributed by atoms with van der Waals surface area (Å²) in [6.07, 6.45) is 2.68. The molecule has 0 bridgehead atoms. The average molecular weight is 531 g/mol. The van der Waals surface area contributed by atoms with E-state index in [4.69, 9.17) is 9.47 Å². The maximum absolute atomic E-state index is 14.2. The standard InChI is InChI=1S/C25H24F2N4O5S/c1-35-24(34)19-16(9-31-17-7-13(23(32)33)8-25(17)11-36-10-18(25)31)29-21(22-28-4-5-37-22)30-20(19)12-2-3-14(26)15(27)6-12/h2-6,13,17-18,20H,7-11H2,1H3,(H,29,30)(H,32,33). The van der Waals surface area contributed by atoms with Crippen molar-refractivity contribution in [2.75, 3.05) is 26.9 Å². The molecule has 2 N–H and O–H groups in total. The Kier molecular flexibility index (Phi) is 5.85. The highest BCUT2D eigenvalue weighted by Gasteiger charge is 2.68. The molecule has 1 aliphatic carbocycles. The van der Waals surface area contributed by atoms with Crippen molar-refractivity contribution in [3.8, 4) is 0 Å². The maximum Gasteiger partial charge on any atom is 0.338 e. The first-order valence-corrected chi connectivity index (χ1v) is 12.8. The monoisotopic (exact) mass is 530 g/mol. The summed E-state index contributed by atoms with van der Waals surface area (Å²) in [6, 6.07) is 2.47. The highest BCUT2D eigenvalue weighted by molar-refractivity contribution is 7.11. The molecule has 3 fully saturated rings. The Morgan fingerprint density at radius 2 is 2.16 bits per heavy atom. The number of nitrogens with one attached hydrogen (secondary N) is 1. The number of aliphatic imine (C=N–C) groups is 1. The van der Waals surface area contributed by atoms with E-state index in [-0.39, 0.29) is 29.6 Å². The number of methoxy groups -OCH3 is 1. The number of hydrogen-bond acceptors (Lipinski definition) is 9. The summed E-state index contributed by atoms with van der Waals surface area (Å²) >= 11 is 1.35. The summed E-state index contributed by atoms with van der Waals surface area (Å²) in [5, 5.41) is 15.3. The van der Waals surface area contributed by atoms with Gasteiger partial charge in [-0.3, -0.25) is 14.7 Å². The van der Waals surface area contributed by atoms with Gasteiger partial charge in [-0.05, 0) is 30.5 Å². The van der Waals surface area contributed by atoms with E-state index in [9.17, 15) is 23.5 Å². The molecule has 5 unspecified atom stereocenters. The molecule has 1 saturated carbocycles. The van der Waals surface area contributed by atoms with Gasteiger partial charge in [-0.15, -0.1) is 11.3 Å². The molecule has 12 heteroatoms. The number of thiazole rings is 1. The highest BCUT2D eigenvalue weighted by atomic mass is 32.1. The third-order valence-electron chi connectivity index (χ3n) is 8.02. The van der Waals surface area contributed by atoms with Crippen molar-refractivity contribution in [3.05, 3.63) is 63.3 Å². The predicted octanol–water partition coefficient (Wildman–Crippen LogP) is 2.50. The lowest BCUT2D eigenvalue weighted by Crippen LogP contribution is -2.69. The molecule has 9 nitrogen and oxygen atoms in total. The lowest BCUT2D eigenvalue weighted by Gasteiger charge is -2.57. The Labute approximate surface area is 214 Å². The van der Waals surface area contributed by atoms with Crippen molar-refractivity contribution in [2.24, 2.45) is 16.3 Å². The number of carboxylic acid groups (broad SMARTS) is 1. The second-order valence-corrected chi connectivity index (χ2v) is 10.7. The van der Waals surface area contributed by atoms with Gasteiger partial charge in [0.15, 0.2) is 22.5 Å². The van der Waals surface area contributed by atoms with Crippen molar-refractivity contribution in [1.82, 2.24) is 15.2 Å². The molecule has 37 heavy (non-hydrogen) atoms. The molecule has 5 atom stereocenters. The molecule has 194 valence electrons. The molecule has 4 heterocycles. The van der Waals surface area contributed by atoms with Crippen LogP contribution in [-0.4, -0.2) is 71.7 Å². The van der Waals surface area contributed by atoms with Crippen LogP contribution in [0.4, 0.5) is 8.78 Å². The minimum Gasteiger partial charge on any atom is -0.481 e. The molecule has 4 aliphatic rings. The predicted molar refractivity (Wildman–Crippen MR) is 128 cm³/mol. The second-order valence-electron chi connectivity index (χ2n) is 9.83. The van der Waals surface area contributed by atoms with Crippen molar-refractivity contribution in [1.29, 1.82) is 0 Å². The minimum absolute atomic E-state index is 0.0129. The van der Waals surface area contributed by atoms with E-state index in [1.165, 1.54) is 24.5 Å². The van der Waals surface area contributed by atoms with Gasteiger partial charge in [0.2, 0.25) is 0 Å². The number of carbonyl (C=O) groups is 2. The van der Waals surface area contributed by atoms with E-state index in [1.807, 2.05) is 0 Å². The molecule has 3 aliphatic heterocycles. The zero-order valence-corrected chi connectivity index (χ0v) is 20.6. The number of carboxylic acids is 1. The molecule has 1 aromatic carbocycles. The van der Waals surface area contributed by atoms with Crippen LogP contribution in [0.25, 0.3) is 0 Å². The van der Waals surface area contributed by atoms with Crippen LogP contribution in [-0.2, 0) is 19.1 Å². The first-order valence-electron chi connectivity index (χ1n) is 11.9. The van der Waals surface area contributed by atoms with Gasteiger partial charge in [-0.1, -0.05) is 6.07 Å². The number of aliphatic carboxylic acids is 1. The van der Waals surface area contributed by atoms with Gasteiger partial charge in [0.05, 0.1) is 31.8 Å². The van der Waals surface area contributed by atoms with Crippen molar-refractivity contribution in [2.45, 2.75) is 31.0 Å². The van der Waals surface area contributed by atoms with Gasteiger partial charge in [0.25, 0.3) is 0 Å². The molecular formula is C25H24F2N4O5S. The number of carbonyl (C=O) groups excluding carboxylic acids is 1. The summed E-state index contributed by atoms with van der Waals surface area (Å²) in [6.45, 7) is 1.27. The van der Waals surface area contributed by atoms with Crippen molar-refractivity contribution in [3.63, 3.8) is 0 Å². The molecule has 2 saturated heterocycles. The molecule has 0 amide bonds. The minimum atomic E-state index is -1.05. The lowest BCUT2D eigenvalue weighted by molar-refractivity contribution is -0.141. The fourth-order valence-electron chi connectivity index (χ4n) is 6.38. The number of nitrogens with zero attached hydrogens (tertiary/aromatic N) is 3. The number of ether oxygens (including phenoxy) is 2. The third kappa shape index (κ3) is 3.77. The van der Waals surface area contributed by atoms with Crippen molar-refractivity contribution < 1.29 is 33.0 Å². The molecule has 6 rings (SSSR count). The quantitative estimate of drug-likeness (QED) is 0.548. The second kappa shape index (κ2) is 8.96. The summed E-state index contributed by atoms with van der Waals surface area (Å²) in [5.41, 5.74) is 0.760. The number of aromatic nitrogens is 1. The van der Waals surface area contributed by atoms with E-state index in [1.54, 1.807) is 11.6 Å². The van der Waals surface area contributed by atoms with E-state index in [0.29, 0.717) is 48.2 Å². The Hall–Kier alpha value is -3.22. The number of halogens is 2. The Bertz CT molecular complexity index is 1330. The SMILES string of the molecule is COC(=O)C1=C(CN2C3COCC34CC(C(=O)O)CC24)NC(c2nccs2)=NC1c1ccc(F)c(F)c1. The van der Waals surface area contributed by atoms with Crippen LogP contribution >= 0.6 is 11.3 Å². The summed E-state index contributed by atoms with van der Waals surface area (Å²) in [7, 11) is 1.25. The average Bonchev–Trinajstić information content (AvgIpc) is 3.62. The number of benzene rings is 1. The van der Waals surface area contributed by atoms with Gasteiger partial charge in [0.1, 0.15) is 6.04 Å². The number of likely N-dealkylation sites (tertiary alicyclic amines) is 1. The van der Waals surface area contributed by atoms with Crippen LogP contribution in [0.2, 0.25) is 0 Å². The van der Waals surface area contributed by atoms with Crippen LogP contribution in [0.1, 0.15) is 29.5 Å². The Balaban J connectivity index is 1.41. The first kappa shape index (κ1) is 24.1. The molecule has 1 spiro atoms. The third-order valence-corrected chi connectivity index (χ3v) is 8.80. The van der Waals surface area contributed by atoms with Gasteiger partial charge in [-0.25, -0.2) is 18.6 Å². The Morgan fingerprint density at radius 3 is 2.86 bits per heavy atom. The molecule has 0 radical (unpaired) electrons. The van der Waals surface area contributed by atoms with E-state index < -0.39 is 35.5 Å². The number of amidine groups is 1. The molecule has 2 aromatic rings. The zero-order valence-electron chi connectivity index (χ0n) is 19.8. The zero-order chi connectivity index (χ0) is 25.9. The number of rotatable bonds is 6. The fraction of sp³-hybridized carbons (Fsp3) is 0.440. The van der Waals surface area contributed by atoms with Gasteiger partial charge >= 0.3 is 11.9 Å².